The lowest BCUT2D eigenvalue weighted by Crippen LogP contribution is -2.37. The van der Waals surface area contributed by atoms with Gasteiger partial charge in [0.25, 0.3) is 0 Å². The molecule has 0 aliphatic heterocycles. The lowest BCUT2D eigenvalue weighted by Gasteiger charge is -2.47. The standard InChI is InChI=1S/C20H34S/c1-18(2,3)13-17(20(7,8)19(4,5)6)16-11-9-15(14-21)10-12-16/h9-12,17,21H,13-14H2,1-8H3. The Morgan fingerprint density at radius 1 is 0.857 bits per heavy atom. The van der Waals surface area contributed by atoms with Crippen LogP contribution in [-0.2, 0) is 5.75 Å². The van der Waals surface area contributed by atoms with E-state index in [1.807, 2.05) is 0 Å². The molecule has 1 rings (SSSR count). The molecule has 0 aliphatic carbocycles. The van der Waals surface area contributed by atoms with E-state index in [9.17, 15) is 0 Å². The number of benzene rings is 1. The summed E-state index contributed by atoms with van der Waals surface area (Å²) in [5.41, 5.74) is 3.60. The van der Waals surface area contributed by atoms with E-state index in [1.165, 1.54) is 17.5 Å². The molecule has 0 nitrogen and oxygen atoms in total. The van der Waals surface area contributed by atoms with E-state index in [4.69, 9.17) is 0 Å². The largest absolute Gasteiger partial charge is 0.175 e. The van der Waals surface area contributed by atoms with Crippen LogP contribution in [0.1, 0.15) is 78.9 Å². The Bertz CT molecular complexity index is 440. The van der Waals surface area contributed by atoms with Crippen molar-refractivity contribution in [2.75, 3.05) is 0 Å². The lowest BCUT2D eigenvalue weighted by atomic mass is 9.57. The van der Waals surface area contributed by atoms with Crippen LogP contribution in [0.5, 0.6) is 0 Å². The van der Waals surface area contributed by atoms with Crippen LogP contribution in [0.2, 0.25) is 0 Å². The Balaban J connectivity index is 3.25. The van der Waals surface area contributed by atoms with Gasteiger partial charge in [-0.1, -0.05) is 79.7 Å². The topological polar surface area (TPSA) is 0 Å². The zero-order valence-corrected chi connectivity index (χ0v) is 16.1. The summed E-state index contributed by atoms with van der Waals surface area (Å²) in [6, 6.07) is 9.10. The van der Waals surface area contributed by atoms with Crippen molar-refractivity contribution in [3.8, 4) is 0 Å². The van der Waals surface area contributed by atoms with Crippen molar-refractivity contribution in [2.24, 2.45) is 16.2 Å². The Morgan fingerprint density at radius 3 is 1.67 bits per heavy atom. The predicted octanol–water partition coefficient (Wildman–Crippen LogP) is 6.71. The summed E-state index contributed by atoms with van der Waals surface area (Å²) in [6.07, 6.45) is 1.21. The van der Waals surface area contributed by atoms with Crippen LogP contribution in [0.25, 0.3) is 0 Å². The van der Waals surface area contributed by atoms with Gasteiger partial charge in [0.1, 0.15) is 0 Å². The zero-order chi connectivity index (χ0) is 16.5. The van der Waals surface area contributed by atoms with Crippen molar-refractivity contribution in [2.45, 2.75) is 73.5 Å². The van der Waals surface area contributed by atoms with Gasteiger partial charge in [-0.2, -0.15) is 12.6 Å². The maximum absolute atomic E-state index is 4.37. The second kappa shape index (κ2) is 6.36. The Kier molecular flexibility index (Phi) is 5.64. The highest BCUT2D eigenvalue weighted by atomic mass is 32.1. The van der Waals surface area contributed by atoms with Crippen LogP contribution in [-0.4, -0.2) is 0 Å². The molecule has 0 saturated heterocycles. The molecule has 0 aliphatic rings. The summed E-state index contributed by atoms with van der Waals surface area (Å²) >= 11 is 4.37. The molecule has 0 N–H and O–H groups in total. The molecule has 0 aromatic heterocycles. The molecule has 1 aromatic carbocycles. The van der Waals surface area contributed by atoms with E-state index < -0.39 is 0 Å². The summed E-state index contributed by atoms with van der Waals surface area (Å²) in [5, 5.41) is 0. The first kappa shape index (κ1) is 18.6. The van der Waals surface area contributed by atoms with Gasteiger partial charge >= 0.3 is 0 Å². The number of thiol groups is 1. The van der Waals surface area contributed by atoms with E-state index in [0.717, 1.165) is 5.75 Å². The molecule has 0 heterocycles. The molecule has 1 heteroatoms. The summed E-state index contributed by atoms with van der Waals surface area (Å²) in [6.45, 7) is 19.0. The van der Waals surface area contributed by atoms with E-state index in [-0.39, 0.29) is 10.8 Å². The fraction of sp³-hybridized carbons (Fsp3) is 0.700. The van der Waals surface area contributed by atoms with Gasteiger partial charge in [0.2, 0.25) is 0 Å². The molecule has 1 aromatic rings. The molecule has 1 atom stereocenters. The molecule has 0 saturated carbocycles. The summed E-state index contributed by atoms with van der Waals surface area (Å²) in [7, 11) is 0. The second-order valence-corrected chi connectivity index (χ2v) is 9.50. The van der Waals surface area contributed by atoms with E-state index in [0.29, 0.717) is 11.3 Å². The smallest absolute Gasteiger partial charge is 0.0154 e. The SMILES string of the molecule is CC(C)(C)CC(c1ccc(CS)cc1)C(C)(C)C(C)(C)C. The summed E-state index contributed by atoms with van der Waals surface area (Å²) in [5.74, 6) is 1.37. The van der Waals surface area contributed by atoms with Crippen molar-refractivity contribution in [1.29, 1.82) is 0 Å². The van der Waals surface area contributed by atoms with E-state index in [1.54, 1.807) is 0 Å². The molecular weight excluding hydrogens is 272 g/mol. The first-order valence-electron chi connectivity index (χ1n) is 8.08. The van der Waals surface area contributed by atoms with E-state index in [2.05, 4.69) is 92.3 Å². The quantitative estimate of drug-likeness (QED) is 0.587. The monoisotopic (exact) mass is 306 g/mol. The van der Waals surface area contributed by atoms with Crippen LogP contribution in [0, 0.1) is 16.2 Å². The zero-order valence-electron chi connectivity index (χ0n) is 15.2. The molecule has 0 amide bonds. The first-order valence-corrected chi connectivity index (χ1v) is 8.71. The highest BCUT2D eigenvalue weighted by Crippen LogP contribution is 2.52. The third kappa shape index (κ3) is 4.77. The number of rotatable bonds is 4. The Labute approximate surface area is 138 Å². The predicted molar refractivity (Wildman–Crippen MR) is 99.2 cm³/mol. The van der Waals surface area contributed by atoms with Gasteiger partial charge in [-0.05, 0) is 39.7 Å². The van der Waals surface area contributed by atoms with Gasteiger partial charge in [-0.25, -0.2) is 0 Å². The minimum Gasteiger partial charge on any atom is -0.175 e. The van der Waals surface area contributed by atoms with Gasteiger partial charge in [-0.15, -0.1) is 0 Å². The molecule has 0 spiro atoms. The normalized spacial score (nSPS) is 15.1. The average molecular weight is 307 g/mol. The van der Waals surface area contributed by atoms with Crippen LogP contribution < -0.4 is 0 Å². The van der Waals surface area contributed by atoms with Gasteiger partial charge < -0.3 is 0 Å². The van der Waals surface area contributed by atoms with Crippen molar-refractivity contribution < 1.29 is 0 Å². The minimum atomic E-state index is 0.239. The van der Waals surface area contributed by atoms with Crippen molar-refractivity contribution in [3.63, 3.8) is 0 Å². The summed E-state index contributed by atoms with van der Waals surface area (Å²) < 4.78 is 0. The Morgan fingerprint density at radius 2 is 1.33 bits per heavy atom. The fourth-order valence-corrected chi connectivity index (χ4v) is 2.99. The van der Waals surface area contributed by atoms with Crippen molar-refractivity contribution in [1.82, 2.24) is 0 Å². The molecule has 21 heavy (non-hydrogen) atoms. The number of hydrogen-bond donors (Lipinski definition) is 1. The average Bonchev–Trinajstić information content (AvgIpc) is 2.33. The molecular formula is C20H34S. The molecule has 0 fully saturated rings. The first-order chi connectivity index (χ1) is 9.38. The maximum atomic E-state index is 4.37. The van der Waals surface area contributed by atoms with Crippen LogP contribution in [0.3, 0.4) is 0 Å². The van der Waals surface area contributed by atoms with Gasteiger partial charge in [0, 0.05) is 5.75 Å². The highest BCUT2D eigenvalue weighted by Gasteiger charge is 2.42. The minimum absolute atomic E-state index is 0.239. The maximum Gasteiger partial charge on any atom is 0.0154 e. The van der Waals surface area contributed by atoms with Crippen molar-refractivity contribution in [3.05, 3.63) is 35.4 Å². The molecule has 120 valence electrons. The van der Waals surface area contributed by atoms with Gasteiger partial charge in [-0.3, -0.25) is 0 Å². The van der Waals surface area contributed by atoms with Crippen LogP contribution >= 0.6 is 12.6 Å². The fourth-order valence-electron chi connectivity index (χ4n) is 2.78. The third-order valence-corrected chi connectivity index (χ3v) is 5.55. The lowest BCUT2D eigenvalue weighted by molar-refractivity contribution is 0.0725. The highest BCUT2D eigenvalue weighted by molar-refractivity contribution is 7.79. The van der Waals surface area contributed by atoms with Crippen LogP contribution in [0.4, 0.5) is 0 Å². The molecule has 1 unspecified atom stereocenters. The summed E-state index contributed by atoms with van der Waals surface area (Å²) in [4.78, 5) is 0. The van der Waals surface area contributed by atoms with Crippen LogP contribution in [0.15, 0.2) is 24.3 Å². The van der Waals surface area contributed by atoms with Crippen molar-refractivity contribution >= 4 is 12.6 Å². The molecule has 0 radical (unpaired) electrons. The Hall–Kier alpha value is -0.430. The number of hydrogen-bond acceptors (Lipinski definition) is 1. The van der Waals surface area contributed by atoms with Gasteiger partial charge in [0.05, 0.1) is 0 Å². The third-order valence-electron chi connectivity index (χ3n) is 5.19. The molecule has 0 bridgehead atoms. The van der Waals surface area contributed by atoms with E-state index >= 15 is 0 Å². The second-order valence-electron chi connectivity index (χ2n) is 9.19. The van der Waals surface area contributed by atoms with Gasteiger partial charge in [0.15, 0.2) is 0 Å².